The molecule has 0 radical (unpaired) electrons. The van der Waals surface area contributed by atoms with Gasteiger partial charge in [-0.25, -0.2) is 9.67 Å². The van der Waals surface area contributed by atoms with E-state index in [4.69, 9.17) is 0 Å². The second-order valence-electron chi connectivity index (χ2n) is 7.94. The summed E-state index contributed by atoms with van der Waals surface area (Å²) in [5.74, 6) is 0.625. The highest BCUT2D eigenvalue weighted by molar-refractivity contribution is 5.93. The third-order valence-electron chi connectivity index (χ3n) is 6.28. The molecule has 0 unspecified atom stereocenters. The maximum Gasteiger partial charge on any atom is 0.418 e. The Kier molecular flexibility index (Phi) is 4.23. The van der Waals surface area contributed by atoms with Crippen LogP contribution in [0.1, 0.15) is 24.4 Å². The molecule has 9 heteroatoms. The van der Waals surface area contributed by atoms with Gasteiger partial charge < -0.3 is 10.0 Å². The molecule has 6 nitrogen and oxygen atoms in total. The Morgan fingerprint density at radius 2 is 1.86 bits per heavy atom. The summed E-state index contributed by atoms with van der Waals surface area (Å²) in [6, 6.07) is 5.86. The molecule has 29 heavy (non-hydrogen) atoms. The molecule has 3 aromatic rings. The second-order valence-corrected chi connectivity index (χ2v) is 7.94. The van der Waals surface area contributed by atoms with Gasteiger partial charge in [0.1, 0.15) is 12.7 Å². The lowest BCUT2D eigenvalue weighted by Gasteiger charge is -2.34. The minimum Gasteiger partial charge on any atom is -0.391 e. The number of alkyl halides is 3. The molecule has 2 fully saturated rings. The van der Waals surface area contributed by atoms with E-state index in [0.29, 0.717) is 30.2 Å². The van der Waals surface area contributed by atoms with Gasteiger partial charge in [-0.1, -0.05) is 12.1 Å². The standard InChI is InChI=1S/C20H20F3N5O/c21-20(22,23)15-3-1-2-14-16(4-5-25-19(14)15)27-8-12-6-17(28-11-24-10-26-28)18(29)7-13(12)9-27/h1-5,10-13,17-18,29H,6-9H2/t12-,13+,17-,18-/m1/s1. The van der Waals surface area contributed by atoms with E-state index in [0.717, 1.165) is 24.7 Å². The Hall–Kier alpha value is -2.68. The largest absolute Gasteiger partial charge is 0.418 e. The van der Waals surface area contributed by atoms with Crippen molar-refractivity contribution in [2.24, 2.45) is 11.8 Å². The number of nitrogens with zero attached hydrogens (tertiary/aromatic N) is 5. The van der Waals surface area contributed by atoms with Crippen molar-refractivity contribution < 1.29 is 18.3 Å². The highest BCUT2D eigenvalue weighted by atomic mass is 19.4. The Morgan fingerprint density at radius 1 is 1.07 bits per heavy atom. The van der Waals surface area contributed by atoms with Gasteiger partial charge in [-0.05, 0) is 36.8 Å². The molecule has 0 spiro atoms. The summed E-state index contributed by atoms with van der Waals surface area (Å²) in [6.07, 6.45) is 0.979. The number of aromatic nitrogens is 4. The molecule has 1 aromatic carbocycles. The average molecular weight is 403 g/mol. The van der Waals surface area contributed by atoms with E-state index in [1.807, 2.05) is 0 Å². The zero-order chi connectivity index (χ0) is 20.2. The van der Waals surface area contributed by atoms with Crippen LogP contribution in [0.4, 0.5) is 18.9 Å². The lowest BCUT2D eigenvalue weighted by molar-refractivity contribution is -0.136. The summed E-state index contributed by atoms with van der Waals surface area (Å²) in [4.78, 5) is 10.1. The van der Waals surface area contributed by atoms with E-state index in [9.17, 15) is 18.3 Å². The van der Waals surface area contributed by atoms with Crippen LogP contribution in [0.5, 0.6) is 0 Å². The molecule has 0 amide bonds. The van der Waals surface area contributed by atoms with Gasteiger partial charge >= 0.3 is 6.18 Å². The third-order valence-corrected chi connectivity index (χ3v) is 6.28. The molecule has 1 N–H and O–H groups in total. The molecule has 1 aliphatic heterocycles. The molecular weight excluding hydrogens is 383 g/mol. The number of fused-ring (bicyclic) bond motifs is 2. The van der Waals surface area contributed by atoms with Crippen molar-refractivity contribution in [3.8, 4) is 0 Å². The van der Waals surface area contributed by atoms with Crippen molar-refractivity contribution in [3.05, 3.63) is 48.7 Å². The van der Waals surface area contributed by atoms with Crippen molar-refractivity contribution >= 4 is 16.6 Å². The molecule has 1 aliphatic carbocycles. The van der Waals surface area contributed by atoms with Crippen LogP contribution in [0.2, 0.25) is 0 Å². The van der Waals surface area contributed by atoms with Crippen molar-refractivity contribution in [1.82, 2.24) is 19.7 Å². The topological polar surface area (TPSA) is 67.1 Å². The number of hydrogen-bond donors (Lipinski definition) is 1. The van der Waals surface area contributed by atoms with Crippen molar-refractivity contribution in [2.45, 2.75) is 31.2 Å². The first kappa shape index (κ1) is 18.4. The normalized spacial score (nSPS) is 27.4. The van der Waals surface area contributed by atoms with Gasteiger partial charge in [0.2, 0.25) is 0 Å². The smallest absolute Gasteiger partial charge is 0.391 e. The molecule has 5 rings (SSSR count). The van der Waals surface area contributed by atoms with Gasteiger partial charge in [-0.15, -0.1) is 0 Å². The number of anilines is 1. The van der Waals surface area contributed by atoms with E-state index >= 15 is 0 Å². The summed E-state index contributed by atoms with van der Waals surface area (Å²) in [7, 11) is 0. The molecule has 0 bridgehead atoms. The molecule has 1 saturated heterocycles. The number of aliphatic hydroxyl groups excluding tert-OH is 1. The van der Waals surface area contributed by atoms with E-state index in [-0.39, 0.29) is 11.6 Å². The fourth-order valence-electron chi connectivity index (χ4n) is 4.94. The van der Waals surface area contributed by atoms with E-state index in [1.165, 1.54) is 18.6 Å². The molecule has 4 atom stereocenters. The number of aliphatic hydroxyl groups is 1. The van der Waals surface area contributed by atoms with E-state index in [2.05, 4.69) is 20.0 Å². The highest BCUT2D eigenvalue weighted by Gasteiger charge is 2.43. The molecule has 152 valence electrons. The van der Waals surface area contributed by atoms with Crippen molar-refractivity contribution in [1.29, 1.82) is 0 Å². The van der Waals surface area contributed by atoms with Crippen molar-refractivity contribution in [2.75, 3.05) is 18.0 Å². The number of rotatable bonds is 2. The molecular formula is C20H20F3N5O. The van der Waals surface area contributed by atoms with Crippen LogP contribution in [0, 0.1) is 11.8 Å². The third kappa shape index (κ3) is 3.13. The molecule has 2 aliphatic rings. The van der Waals surface area contributed by atoms with Gasteiger partial charge in [0.25, 0.3) is 0 Å². The summed E-state index contributed by atoms with van der Waals surface area (Å²) in [5, 5.41) is 15.3. The van der Waals surface area contributed by atoms with Crippen LogP contribution in [-0.4, -0.2) is 44.0 Å². The van der Waals surface area contributed by atoms with Gasteiger partial charge in [0.15, 0.2) is 0 Å². The van der Waals surface area contributed by atoms with Crippen LogP contribution in [0.15, 0.2) is 43.1 Å². The fourth-order valence-corrected chi connectivity index (χ4v) is 4.94. The van der Waals surface area contributed by atoms with Gasteiger partial charge in [0.05, 0.1) is 23.2 Å². The minimum atomic E-state index is -4.45. The quantitative estimate of drug-likeness (QED) is 0.711. The summed E-state index contributed by atoms with van der Waals surface area (Å²) >= 11 is 0. The summed E-state index contributed by atoms with van der Waals surface area (Å²) < 4.78 is 41.9. The first-order chi connectivity index (χ1) is 13.9. The van der Waals surface area contributed by atoms with Crippen LogP contribution in [0.25, 0.3) is 10.9 Å². The van der Waals surface area contributed by atoms with Crippen LogP contribution in [-0.2, 0) is 6.18 Å². The monoisotopic (exact) mass is 403 g/mol. The minimum absolute atomic E-state index is 0.0205. The maximum absolute atomic E-state index is 13.4. The fraction of sp³-hybridized carbons (Fsp3) is 0.450. The zero-order valence-electron chi connectivity index (χ0n) is 15.5. The predicted molar refractivity (Wildman–Crippen MR) is 100 cm³/mol. The van der Waals surface area contributed by atoms with E-state index in [1.54, 1.807) is 23.1 Å². The first-order valence-corrected chi connectivity index (χ1v) is 9.64. The van der Waals surface area contributed by atoms with E-state index < -0.39 is 17.8 Å². The van der Waals surface area contributed by atoms with Crippen LogP contribution < -0.4 is 4.90 Å². The Morgan fingerprint density at radius 3 is 2.59 bits per heavy atom. The number of benzene rings is 1. The highest BCUT2D eigenvalue weighted by Crippen LogP contribution is 2.44. The number of para-hydroxylation sites is 1. The number of pyridine rings is 1. The Balaban J connectivity index is 1.46. The van der Waals surface area contributed by atoms with Crippen LogP contribution >= 0.6 is 0 Å². The predicted octanol–water partition coefficient (Wildman–Crippen LogP) is 3.29. The Bertz CT molecular complexity index is 1020. The second kappa shape index (κ2) is 6.69. The Labute approximate surface area is 165 Å². The molecule has 3 heterocycles. The van der Waals surface area contributed by atoms with Gasteiger partial charge in [-0.2, -0.15) is 18.3 Å². The first-order valence-electron chi connectivity index (χ1n) is 9.64. The van der Waals surface area contributed by atoms with Crippen LogP contribution in [0.3, 0.4) is 0 Å². The SMILES string of the molecule is O[C@@H]1C[C@H]2CN(c3ccnc4c(C(F)(F)F)cccc34)C[C@H]2C[C@H]1n1cncn1. The number of hydrogen-bond acceptors (Lipinski definition) is 5. The van der Waals surface area contributed by atoms with Gasteiger partial charge in [-0.3, -0.25) is 4.98 Å². The lowest BCUT2D eigenvalue weighted by atomic mass is 9.77. The lowest BCUT2D eigenvalue weighted by Crippen LogP contribution is -2.36. The summed E-state index contributed by atoms with van der Waals surface area (Å²) in [5.41, 5.74) is 0.0327. The van der Waals surface area contributed by atoms with Gasteiger partial charge in [0, 0.05) is 30.4 Å². The maximum atomic E-state index is 13.4. The molecule has 1 saturated carbocycles. The van der Waals surface area contributed by atoms with Crippen molar-refractivity contribution in [3.63, 3.8) is 0 Å². The number of halogens is 3. The summed E-state index contributed by atoms with van der Waals surface area (Å²) in [6.45, 7) is 1.44. The zero-order valence-corrected chi connectivity index (χ0v) is 15.5. The average Bonchev–Trinajstić information content (AvgIpc) is 3.35. The molecule has 2 aromatic heterocycles.